The Kier molecular flexibility index (Phi) is 8.29. The predicted molar refractivity (Wildman–Crippen MR) is 114 cm³/mol. The number of rotatable bonds is 9. The molecule has 0 saturated heterocycles. The normalized spacial score (nSPS) is 10.9. The van der Waals surface area contributed by atoms with Crippen LogP contribution in [0.4, 0.5) is 0 Å². The highest BCUT2D eigenvalue weighted by atomic mass is 32.2. The summed E-state index contributed by atoms with van der Waals surface area (Å²) >= 11 is 0. The number of benzene rings is 2. The molecule has 0 spiro atoms. The second-order valence-corrected chi connectivity index (χ2v) is 8.63. The van der Waals surface area contributed by atoms with Gasteiger partial charge in [-0.15, -0.1) is 0 Å². The topological polar surface area (TPSA) is 131 Å². The third-order valence-corrected chi connectivity index (χ3v) is 5.88. The molecule has 0 aliphatic rings. The minimum Gasteiger partial charge on any atom is -0.484 e. The molecule has 0 aromatic heterocycles. The van der Waals surface area contributed by atoms with Gasteiger partial charge in [0.25, 0.3) is 5.91 Å². The van der Waals surface area contributed by atoms with Crippen LogP contribution in [-0.2, 0) is 19.6 Å². The van der Waals surface area contributed by atoms with Crippen molar-refractivity contribution in [2.45, 2.75) is 32.1 Å². The molecular formula is C21H25N3O6S. The summed E-state index contributed by atoms with van der Waals surface area (Å²) in [5.74, 6) is -0.766. The highest BCUT2D eigenvalue weighted by Crippen LogP contribution is 2.16. The van der Waals surface area contributed by atoms with Crippen LogP contribution in [0.3, 0.4) is 0 Å². The lowest BCUT2D eigenvalue weighted by Crippen LogP contribution is -2.44. The Morgan fingerprint density at radius 2 is 1.55 bits per heavy atom. The van der Waals surface area contributed by atoms with E-state index in [1.807, 2.05) is 19.9 Å². The van der Waals surface area contributed by atoms with Crippen molar-refractivity contribution in [1.29, 1.82) is 0 Å². The largest absolute Gasteiger partial charge is 0.484 e. The SMILES string of the molecule is CC(=O)c1ccc(S(=O)(=O)NCCC(=O)NNC(=O)COc2ccc(C)c(C)c2)cc1. The van der Waals surface area contributed by atoms with Crippen molar-refractivity contribution in [3.05, 3.63) is 59.2 Å². The van der Waals surface area contributed by atoms with Crippen molar-refractivity contribution < 1.29 is 27.5 Å². The minimum atomic E-state index is -3.82. The Labute approximate surface area is 181 Å². The first kappa shape index (κ1) is 24.0. The van der Waals surface area contributed by atoms with Crippen LogP contribution in [0, 0.1) is 13.8 Å². The first-order valence-electron chi connectivity index (χ1n) is 9.47. The molecule has 2 amide bonds. The molecule has 0 heterocycles. The molecule has 10 heteroatoms. The molecule has 9 nitrogen and oxygen atoms in total. The van der Waals surface area contributed by atoms with Crippen LogP contribution >= 0.6 is 0 Å². The van der Waals surface area contributed by atoms with Gasteiger partial charge in [-0.25, -0.2) is 13.1 Å². The molecule has 0 aliphatic heterocycles. The van der Waals surface area contributed by atoms with Crippen LogP contribution in [-0.4, -0.2) is 39.2 Å². The van der Waals surface area contributed by atoms with Gasteiger partial charge >= 0.3 is 0 Å². The van der Waals surface area contributed by atoms with Gasteiger partial charge in [0.15, 0.2) is 12.4 Å². The number of carbonyl (C=O) groups is 3. The second-order valence-electron chi connectivity index (χ2n) is 6.86. The molecule has 0 fully saturated rings. The molecule has 2 aromatic carbocycles. The lowest BCUT2D eigenvalue weighted by Gasteiger charge is -2.10. The summed E-state index contributed by atoms with van der Waals surface area (Å²) in [6.45, 7) is 4.82. The third-order valence-electron chi connectivity index (χ3n) is 4.40. The standard InChI is InChI=1S/C21H25N3O6S/c1-14-4-7-18(12-15(14)2)30-13-21(27)24-23-20(26)10-11-22-31(28,29)19-8-5-17(6-9-19)16(3)25/h4-9,12,22H,10-11,13H2,1-3H3,(H,23,26)(H,24,27). The van der Waals surface area contributed by atoms with Crippen molar-refractivity contribution in [2.75, 3.05) is 13.2 Å². The zero-order chi connectivity index (χ0) is 23.0. The number of ether oxygens (including phenoxy) is 1. The highest BCUT2D eigenvalue weighted by Gasteiger charge is 2.15. The first-order chi connectivity index (χ1) is 14.6. The molecule has 2 rings (SSSR count). The summed E-state index contributed by atoms with van der Waals surface area (Å²) in [6.07, 6.45) is -0.191. The molecule has 31 heavy (non-hydrogen) atoms. The van der Waals surface area contributed by atoms with Crippen molar-refractivity contribution in [2.24, 2.45) is 0 Å². The van der Waals surface area contributed by atoms with Gasteiger partial charge in [-0.3, -0.25) is 25.2 Å². The van der Waals surface area contributed by atoms with E-state index in [0.717, 1.165) is 11.1 Å². The van der Waals surface area contributed by atoms with E-state index < -0.39 is 21.8 Å². The van der Waals surface area contributed by atoms with Crippen molar-refractivity contribution in [3.63, 3.8) is 0 Å². The number of aryl methyl sites for hydroxylation is 2. The van der Waals surface area contributed by atoms with Crippen LogP contribution in [0.25, 0.3) is 0 Å². The van der Waals surface area contributed by atoms with Gasteiger partial charge in [-0.2, -0.15) is 0 Å². The van der Waals surface area contributed by atoms with Crippen molar-refractivity contribution >= 4 is 27.6 Å². The Morgan fingerprint density at radius 3 is 2.16 bits per heavy atom. The lowest BCUT2D eigenvalue weighted by atomic mass is 10.1. The fourth-order valence-electron chi connectivity index (χ4n) is 2.44. The maximum absolute atomic E-state index is 12.2. The maximum Gasteiger partial charge on any atom is 0.276 e. The van der Waals surface area contributed by atoms with E-state index in [-0.39, 0.29) is 30.3 Å². The van der Waals surface area contributed by atoms with Gasteiger partial charge < -0.3 is 4.74 Å². The molecule has 0 atom stereocenters. The van der Waals surface area contributed by atoms with E-state index in [0.29, 0.717) is 11.3 Å². The number of Topliss-reactive ketones (excluding diaryl/α,β-unsaturated/α-hetero) is 1. The Morgan fingerprint density at radius 1 is 0.903 bits per heavy atom. The predicted octanol–water partition coefficient (Wildman–Crippen LogP) is 1.40. The summed E-state index contributed by atoms with van der Waals surface area (Å²) in [4.78, 5) is 34.8. The average Bonchev–Trinajstić information content (AvgIpc) is 2.73. The number of hydrazine groups is 1. The van der Waals surface area contributed by atoms with Gasteiger partial charge in [0, 0.05) is 18.5 Å². The Balaban J connectivity index is 1.71. The smallest absolute Gasteiger partial charge is 0.276 e. The highest BCUT2D eigenvalue weighted by molar-refractivity contribution is 7.89. The molecule has 0 unspecified atom stereocenters. The van der Waals surface area contributed by atoms with E-state index in [9.17, 15) is 22.8 Å². The lowest BCUT2D eigenvalue weighted by molar-refractivity contribution is -0.129. The van der Waals surface area contributed by atoms with Crippen LogP contribution in [0.15, 0.2) is 47.4 Å². The van der Waals surface area contributed by atoms with Gasteiger partial charge in [-0.1, -0.05) is 18.2 Å². The number of hydrogen-bond donors (Lipinski definition) is 3. The monoisotopic (exact) mass is 447 g/mol. The fourth-order valence-corrected chi connectivity index (χ4v) is 3.47. The second kappa shape index (κ2) is 10.7. The zero-order valence-corrected chi connectivity index (χ0v) is 18.3. The van der Waals surface area contributed by atoms with Crippen LogP contribution in [0.2, 0.25) is 0 Å². The third kappa shape index (κ3) is 7.50. The number of sulfonamides is 1. The van der Waals surface area contributed by atoms with E-state index in [1.54, 1.807) is 12.1 Å². The molecule has 0 bridgehead atoms. The van der Waals surface area contributed by atoms with Crippen LogP contribution in [0.5, 0.6) is 5.75 Å². The van der Waals surface area contributed by atoms with Gasteiger partial charge in [0.1, 0.15) is 5.75 Å². The van der Waals surface area contributed by atoms with Gasteiger partial charge in [0.05, 0.1) is 4.90 Å². The average molecular weight is 448 g/mol. The Hall–Kier alpha value is -3.24. The molecule has 0 radical (unpaired) electrons. The van der Waals surface area contributed by atoms with Crippen LogP contribution in [0.1, 0.15) is 34.8 Å². The van der Waals surface area contributed by atoms with Gasteiger partial charge in [0.2, 0.25) is 15.9 Å². The van der Waals surface area contributed by atoms with Crippen molar-refractivity contribution in [3.8, 4) is 5.75 Å². The number of carbonyl (C=O) groups excluding carboxylic acids is 3. The molecular weight excluding hydrogens is 422 g/mol. The quantitative estimate of drug-likeness (QED) is 0.393. The van der Waals surface area contributed by atoms with E-state index in [4.69, 9.17) is 4.74 Å². The summed E-state index contributed by atoms with van der Waals surface area (Å²) in [7, 11) is -3.82. The molecule has 166 valence electrons. The fraction of sp³-hybridized carbons (Fsp3) is 0.286. The van der Waals surface area contributed by atoms with Crippen molar-refractivity contribution in [1.82, 2.24) is 15.6 Å². The molecule has 2 aromatic rings. The molecule has 0 saturated carbocycles. The van der Waals surface area contributed by atoms with E-state index >= 15 is 0 Å². The van der Waals surface area contributed by atoms with Crippen LogP contribution < -0.4 is 20.3 Å². The first-order valence-corrected chi connectivity index (χ1v) is 10.9. The van der Waals surface area contributed by atoms with Gasteiger partial charge in [-0.05, 0) is 56.2 Å². The number of amides is 2. The zero-order valence-electron chi connectivity index (χ0n) is 17.5. The number of hydrogen-bond acceptors (Lipinski definition) is 6. The molecule has 3 N–H and O–H groups in total. The summed E-state index contributed by atoms with van der Waals surface area (Å²) in [6, 6.07) is 10.9. The summed E-state index contributed by atoms with van der Waals surface area (Å²) in [5.41, 5.74) is 6.93. The van der Waals surface area contributed by atoms with E-state index in [1.165, 1.54) is 31.2 Å². The number of ketones is 1. The minimum absolute atomic E-state index is 0.0188. The van der Waals surface area contributed by atoms with E-state index in [2.05, 4.69) is 15.6 Å². The number of nitrogens with one attached hydrogen (secondary N) is 3. The summed E-state index contributed by atoms with van der Waals surface area (Å²) in [5, 5.41) is 0. The maximum atomic E-state index is 12.2. The Bertz CT molecular complexity index is 1070. The summed E-state index contributed by atoms with van der Waals surface area (Å²) < 4.78 is 32.1. The molecule has 0 aliphatic carbocycles.